The van der Waals surface area contributed by atoms with Crippen LogP contribution in [-0.2, 0) is 19.6 Å². The summed E-state index contributed by atoms with van der Waals surface area (Å²) in [6.07, 6.45) is 3.32. The van der Waals surface area contributed by atoms with E-state index in [1.807, 2.05) is 13.8 Å². The van der Waals surface area contributed by atoms with Crippen LogP contribution in [-0.4, -0.2) is 67.1 Å². The zero-order valence-electron chi connectivity index (χ0n) is 16.3. The predicted molar refractivity (Wildman–Crippen MR) is 98.9 cm³/mol. The molecule has 0 saturated carbocycles. The van der Waals surface area contributed by atoms with Gasteiger partial charge in [0, 0.05) is 26.7 Å². The van der Waals surface area contributed by atoms with Gasteiger partial charge in [-0.3, -0.25) is 14.8 Å². The first-order valence-electron chi connectivity index (χ1n) is 9.30. The number of hydrogen-bond donors (Lipinski definition) is 2. The Kier molecular flexibility index (Phi) is 8.99. The molecule has 2 atom stereocenters. The van der Waals surface area contributed by atoms with Gasteiger partial charge in [-0.05, 0) is 44.4 Å². The summed E-state index contributed by atoms with van der Waals surface area (Å²) in [5.41, 5.74) is 1.61. The summed E-state index contributed by atoms with van der Waals surface area (Å²) in [5, 5.41) is 9.17. The van der Waals surface area contributed by atoms with E-state index in [0.717, 1.165) is 19.3 Å². The first kappa shape index (κ1) is 22.9. The van der Waals surface area contributed by atoms with Gasteiger partial charge in [0.05, 0.1) is 5.75 Å². The summed E-state index contributed by atoms with van der Waals surface area (Å²) in [4.78, 5) is 27.0. The predicted octanol–water partition coefficient (Wildman–Crippen LogP) is 1.06. The van der Waals surface area contributed by atoms with Gasteiger partial charge in [0.25, 0.3) is 5.91 Å². The molecule has 1 aliphatic heterocycles. The molecule has 1 saturated heterocycles. The third-order valence-corrected chi connectivity index (χ3v) is 6.73. The number of amides is 2. The van der Waals surface area contributed by atoms with E-state index in [1.54, 1.807) is 17.3 Å². The lowest BCUT2D eigenvalue weighted by Gasteiger charge is -2.34. The molecule has 152 valence electrons. The van der Waals surface area contributed by atoms with Crippen LogP contribution in [0.4, 0.5) is 0 Å². The van der Waals surface area contributed by atoms with E-state index in [2.05, 4.69) is 0 Å². The monoisotopic (exact) mass is 391 g/mol. The number of carbonyl (C=O) groups is 2. The number of likely N-dealkylation sites (tertiary alicyclic amines) is 1. The van der Waals surface area contributed by atoms with Gasteiger partial charge in [0.1, 0.15) is 5.92 Å². The molecular formula is C17H33N3O5S. The Morgan fingerprint density at radius 3 is 2.23 bits per heavy atom. The second-order valence-corrected chi connectivity index (χ2v) is 9.77. The fourth-order valence-electron chi connectivity index (χ4n) is 3.49. The molecule has 1 aliphatic rings. The van der Waals surface area contributed by atoms with Crippen molar-refractivity contribution in [2.24, 2.45) is 17.8 Å². The molecule has 0 aromatic rings. The standard InChI is InChI=1S/C17H33N3O5S/c1-5-26(24,25)19(4)12-14(11-13(2)3)15(16(21)18-23)17(22)20-9-7-6-8-10-20/h13-15,23H,5-12H2,1-4H3,(H,18,21)/t14-,15+/m0/s1. The SMILES string of the molecule is CCS(=O)(=O)N(C)C[C@H](CC(C)C)[C@H](C(=O)NO)C(=O)N1CCCCC1. The Labute approximate surface area is 156 Å². The summed E-state index contributed by atoms with van der Waals surface area (Å²) in [5.74, 6) is -2.59. The number of rotatable bonds is 9. The van der Waals surface area contributed by atoms with Crippen LogP contribution in [0.3, 0.4) is 0 Å². The van der Waals surface area contributed by atoms with Crippen molar-refractivity contribution >= 4 is 21.8 Å². The Bertz CT molecular complexity index is 573. The van der Waals surface area contributed by atoms with E-state index in [-0.39, 0.29) is 24.1 Å². The van der Waals surface area contributed by atoms with Gasteiger partial charge in [0.2, 0.25) is 15.9 Å². The highest BCUT2D eigenvalue weighted by Crippen LogP contribution is 2.26. The summed E-state index contributed by atoms with van der Waals surface area (Å²) >= 11 is 0. The van der Waals surface area contributed by atoms with Crippen LogP contribution < -0.4 is 5.48 Å². The maximum absolute atomic E-state index is 13.0. The molecule has 26 heavy (non-hydrogen) atoms. The van der Waals surface area contributed by atoms with Crippen LogP contribution in [0.15, 0.2) is 0 Å². The van der Waals surface area contributed by atoms with Crippen molar-refractivity contribution in [3.05, 3.63) is 0 Å². The van der Waals surface area contributed by atoms with Crippen molar-refractivity contribution in [1.82, 2.24) is 14.7 Å². The third kappa shape index (κ3) is 6.21. The minimum atomic E-state index is -3.43. The van der Waals surface area contributed by atoms with E-state index in [0.29, 0.717) is 19.5 Å². The van der Waals surface area contributed by atoms with E-state index in [9.17, 15) is 23.2 Å². The second-order valence-electron chi connectivity index (χ2n) is 7.41. The molecule has 0 bridgehead atoms. The maximum atomic E-state index is 13.0. The molecule has 0 radical (unpaired) electrons. The number of piperidine rings is 1. The van der Waals surface area contributed by atoms with E-state index in [1.165, 1.54) is 11.4 Å². The average Bonchev–Trinajstić information content (AvgIpc) is 2.61. The number of sulfonamides is 1. The Morgan fingerprint density at radius 1 is 1.19 bits per heavy atom. The summed E-state index contributed by atoms with van der Waals surface area (Å²) in [6, 6.07) is 0. The highest BCUT2D eigenvalue weighted by Gasteiger charge is 2.39. The van der Waals surface area contributed by atoms with Crippen LogP contribution in [0.25, 0.3) is 0 Å². The third-order valence-electron chi connectivity index (χ3n) is 4.90. The Hall–Kier alpha value is -1.19. The van der Waals surface area contributed by atoms with E-state index in [4.69, 9.17) is 0 Å². The number of nitrogens with zero attached hydrogens (tertiary/aromatic N) is 2. The molecule has 1 rings (SSSR count). The largest absolute Gasteiger partial charge is 0.342 e. The summed E-state index contributed by atoms with van der Waals surface area (Å²) < 4.78 is 25.5. The van der Waals surface area contributed by atoms with Crippen molar-refractivity contribution in [3.63, 3.8) is 0 Å². The number of hydrogen-bond acceptors (Lipinski definition) is 5. The van der Waals surface area contributed by atoms with Crippen molar-refractivity contribution in [1.29, 1.82) is 0 Å². The van der Waals surface area contributed by atoms with E-state index >= 15 is 0 Å². The molecule has 0 aromatic heterocycles. The van der Waals surface area contributed by atoms with Gasteiger partial charge in [-0.1, -0.05) is 13.8 Å². The molecular weight excluding hydrogens is 358 g/mol. The van der Waals surface area contributed by atoms with Gasteiger partial charge in [-0.15, -0.1) is 0 Å². The molecule has 2 N–H and O–H groups in total. The summed E-state index contributed by atoms with van der Waals surface area (Å²) in [6.45, 7) is 6.71. The summed E-state index contributed by atoms with van der Waals surface area (Å²) in [7, 11) is -1.97. The normalized spacial score (nSPS) is 18.0. The maximum Gasteiger partial charge on any atom is 0.256 e. The fraction of sp³-hybridized carbons (Fsp3) is 0.882. The minimum Gasteiger partial charge on any atom is -0.342 e. The minimum absolute atomic E-state index is 0.0468. The molecule has 1 heterocycles. The van der Waals surface area contributed by atoms with Crippen molar-refractivity contribution < 1.29 is 23.2 Å². The van der Waals surface area contributed by atoms with Crippen LogP contribution >= 0.6 is 0 Å². The highest BCUT2D eigenvalue weighted by atomic mass is 32.2. The smallest absolute Gasteiger partial charge is 0.256 e. The zero-order valence-corrected chi connectivity index (χ0v) is 17.1. The Balaban J connectivity index is 3.12. The van der Waals surface area contributed by atoms with Gasteiger partial charge < -0.3 is 4.90 Å². The zero-order chi connectivity index (χ0) is 19.9. The van der Waals surface area contributed by atoms with Crippen LogP contribution in [0, 0.1) is 17.8 Å². The molecule has 0 aliphatic carbocycles. The van der Waals surface area contributed by atoms with Crippen molar-refractivity contribution in [2.75, 3.05) is 32.4 Å². The first-order valence-corrected chi connectivity index (χ1v) is 10.9. The van der Waals surface area contributed by atoms with Gasteiger partial charge >= 0.3 is 0 Å². The molecule has 2 amide bonds. The molecule has 9 heteroatoms. The average molecular weight is 392 g/mol. The lowest BCUT2D eigenvalue weighted by atomic mass is 9.83. The number of nitrogens with one attached hydrogen (secondary N) is 1. The first-order chi connectivity index (χ1) is 12.1. The fourth-order valence-corrected chi connectivity index (χ4v) is 4.35. The van der Waals surface area contributed by atoms with Crippen LogP contribution in [0.2, 0.25) is 0 Å². The molecule has 8 nitrogen and oxygen atoms in total. The second kappa shape index (κ2) is 10.2. The highest BCUT2D eigenvalue weighted by molar-refractivity contribution is 7.89. The lowest BCUT2D eigenvalue weighted by Crippen LogP contribution is -2.50. The molecule has 0 unspecified atom stereocenters. The van der Waals surface area contributed by atoms with Gasteiger partial charge in [-0.25, -0.2) is 18.2 Å². The Morgan fingerprint density at radius 2 is 1.77 bits per heavy atom. The molecule has 0 spiro atoms. The quantitative estimate of drug-likeness (QED) is 0.347. The van der Waals surface area contributed by atoms with Crippen LogP contribution in [0.5, 0.6) is 0 Å². The molecule has 0 aromatic carbocycles. The van der Waals surface area contributed by atoms with Crippen LogP contribution in [0.1, 0.15) is 46.5 Å². The van der Waals surface area contributed by atoms with Gasteiger partial charge in [0.15, 0.2) is 0 Å². The lowest BCUT2D eigenvalue weighted by molar-refractivity contribution is -0.149. The van der Waals surface area contributed by atoms with E-state index < -0.39 is 27.8 Å². The van der Waals surface area contributed by atoms with Gasteiger partial charge in [-0.2, -0.15) is 0 Å². The van der Waals surface area contributed by atoms with Crippen molar-refractivity contribution in [3.8, 4) is 0 Å². The molecule has 1 fully saturated rings. The number of hydroxylamine groups is 1. The van der Waals surface area contributed by atoms with Crippen molar-refractivity contribution in [2.45, 2.75) is 46.5 Å². The topological polar surface area (TPSA) is 107 Å². The number of carbonyl (C=O) groups excluding carboxylic acids is 2.